The van der Waals surface area contributed by atoms with Gasteiger partial charge in [-0.1, -0.05) is 6.07 Å². The first-order chi connectivity index (χ1) is 11.3. The number of fused-ring (bicyclic) bond motifs is 1. The number of aliphatic imine (C=N–C) groups is 1. The number of hydrogen-bond acceptors (Lipinski definition) is 3. The van der Waals surface area contributed by atoms with Gasteiger partial charge in [0.1, 0.15) is 0 Å². The van der Waals surface area contributed by atoms with Crippen LogP contribution in [0.4, 0.5) is 5.69 Å². The Morgan fingerprint density at radius 2 is 2.22 bits per heavy atom. The number of guanidine groups is 1. The van der Waals surface area contributed by atoms with Gasteiger partial charge in [0.15, 0.2) is 5.96 Å². The first kappa shape index (κ1) is 16.3. The highest BCUT2D eigenvalue weighted by atomic mass is 16.5. The van der Waals surface area contributed by atoms with Crippen molar-refractivity contribution in [2.45, 2.75) is 44.6 Å². The van der Waals surface area contributed by atoms with Gasteiger partial charge in [0.25, 0.3) is 0 Å². The van der Waals surface area contributed by atoms with Crippen LogP contribution in [0.25, 0.3) is 0 Å². The molecule has 1 atom stereocenters. The van der Waals surface area contributed by atoms with Crippen molar-refractivity contribution in [1.82, 2.24) is 0 Å². The maximum Gasteiger partial charge on any atom is 0.193 e. The number of anilines is 1. The molecule has 0 radical (unpaired) electrons. The summed E-state index contributed by atoms with van der Waals surface area (Å²) in [6.45, 7) is 2.96. The largest absolute Gasteiger partial charge is 0.379 e. The summed E-state index contributed by atoms with van der Waals surface area (Å²) in [5, 5.41) is 3.17. The third-order valence-electron chi connectivity index (χ3n) is 4.43. The van der Waals surface area contributed by atoms with Crippen LogP contribution in [0.5, 0.6) is 0 Å². The fourth-order valence-corrected chi connectivity index (χ4v) is 3.19. The molecule has 1 fully saturated rings. The highest BCUT2D eigenvalue weighted by Crippen LogP contribution is 2.24. The second-order valence-electron chi connectivity index (χ2n) is 6.29. The van der Waals surface area contributed by atoms with Gasteiger partial charge in [-0.2, -0.15) is 0 Å². The molecule has 1 unspecified atom stereocenters. The number of ether oxygens (including phenoxy) is 2. The fraction of sp³-hybridized carbons (Fsp3) is 0.611. The van der Waals surface area contributed by atoms with Gasteiger partial charge >= 0.3 is 0 Å². The Balaban J connectivity index is 1.33. The summed E-state index contributed by atoms with van der Waals surface area (Å²) in [6.07, 6.45) is 7.08. The van der Waals surface area contributed by atoms with Crippen LogP contribution in [0.1, 0.15) is 36.8 Å². The van der Waals surface area contributed by atoms with Crippen molar-refractivity contribution in [2.24, 2.45) is 10.7 Å². The zero-order valence-corrected chi connectivity index (χ0v) is 13.7. The van der Waals surface area contributed by atoms with E-state index in [1.807, 2.05) is 0 Å². The van der Waals surface area contributed by atoms with Crippen LogP contribution in [0.2, 0.25) is 0 Å². The van der Waals surface area contributed by atoms with Crippen molar-refractivity contribution in [2.75, 3.05) is 31.7 Å². The van der Waals surface area contributed by atoms with Crippen LogP contribution in [-0.4, -0.2) is 38.4 Å². The van der Waals surface area contributed by atoms with Gasteiger partial charge in [-0.3, -0.25) is 4.99 Å². The Kier molecular flexibility index (Phi) is 5.88. The van der Waals surface area contributed by atoms with E-state index in [9.17, 15) is 0 Å². The molecule has 0 saturated carbocycles. The molecule has 1 heterocycles. The summed E-state index contributed by atoms with van der Waals surface area (Å²) in [5.74, 6) is 0.474. The van der Waals surface area contributed by atoms with E-state index in [2.05, 4.69) is 28.5 Å². The minimum absolute atomic E-state index is 0.296. The van der Waals surface area contributed by atoms with Gasteiger partial charge in [-0.25, -0.2) is 0 Å². The molecule has 0 bridgehead atoms. The predicted molar refractivity (Wildman–Crippen MR) is 93.0 cm³/mol. The standard InChI is InChI=1S/C18H27N3O2/c19-18(20-9-3-10-22-13-17-6-2-11-23-17)21-16-8-7-14-4-1-5-15(14)12-16/h7-8,12,17H,1-6,9-11,13H2,(H3,19,20,21). The number of aryl methyl sites for hydroxylation is 2. The van der Waals surface area contributed by atoms with Gasteiger partial charge in [0, 0.05) is 25.4 Å². The molecular formula is C18H27N3O2. The molecule has 1 aliphatic heterocycles. The third-order valence-corrected chi connectivity index (χ3v) is 4.43. The molecule has 1 saturated heterocycles. The Hall–Kier alpha value is -1.59. The lowest BCUT2D eigenvalue weighted by Gasteiger charge is -2.10. The fourth-order valence-electron chi connectivity index (χ4n) is 3.19. The first-order valence-corrected chi connectivity index (χ1v) is 8.69. The molecule has 1 aromatic rings. The summed E-state index contributed by atoms with van der Waals surface area (Å²) in [4.78, 5) is 4.35. The van der Waals surface area contributed by atoms with E-state index < -0.39 is 0 Å². The topological polar surface area (TPSA) is 68.9 Å². The van der Waals surface area contributed by atoms with Crippen molar-refractivity contribution in [3.05, 3.63) is 29.3 Å². The zero-order valence-electron chi connectivity index (χ0n) is 13.7. The maximum absolute atomic E-state index is 5.94. The van der Waals surface area contributed by atoms with Crippen LogP contribution in [0, 0.1) is 0 Å². The Labute approximate surface area is 138 Å². The summed E-state index contributed by atoms with van der Waals surface area (Å²) >= 11 is 0. The highest BCUT2D eigenvalue weighted by molar-refractivity contribution is 5.92. The van der Waals surface area contributed by atoms with E-state index in [1.165, 1.54) is 30.4 Å². The first-order valence-electron chi connectivity index (χ1n) is 8.69. The molecular weight excluding hydrogens is 290 g/mol. The van der Waals surface area contributed by atoms with Crippen LogP contribution in [0.15, 0.2) is 23.2 Å². The van der Waals surface area contributed by atoms with Crippen molar-refractivity contribution in [3.63, 3.8) is 0 Å². The quantitative estimate of drug-likeness (QED) is 0.460. The average Bonchev–Trinajstić information content (AvgIpc) is 3.21. The van der Waals surface area contributed by atoms with E-state index in [1.54, 1.807) is 0 Å². The second-order valence-corrected chi connectivity index (χ2v) is 6.29. The molecule has 126 valence electrons. The summed E-state index contributed by atoms with van der Waals surface area (Å²) < 4.78 is 11.1. The minimum Gasteiger partial charge on any atom is -0.379 e. The number of nitrogens with two attached hydrogens (primary N) is 1. The molecule has 0 spiro atoms. The van der Waals surface area contributed by atoms with Gasteiger partial charge in [0.05, 0.1) is 12.7 Å². The molecule has 3 N–H and O–H groups in total. The van der Waals surface area contributed by atoms with Gasteiger partial charge in [-0.05, 0) is 61.8 Å². The highest BCUT2D eigenvalue weighted by Gasteiger charge is 2.14. The third kappa shape index (κ3) is 4.94. The Morgan fingerprint density at radius 1 is 1.30 bits per heavy atom. The average molecular weight is 317 g/mol. The van der Waals surface area contributed by atoms with Crippen molar-refractivity contribution in [3.8, 4) is 0 Å². The van der Waals surface area contributed by atoms with Gasteiger partial charge < -0.3 is 20.5 Å². The molecule has 5 nitrogen and oxygen atoms in total. The van der Waals surface area contributed by atoms with E-state index in [-0.39, 0.29) is 0 Å². The predicted octanol–water partition coefficient (Wildman–Crippen LogP) is 2.49. The lowest BCUT2D eigenvalue weighted by molar-refractivity contribution is 0.0171. The molecule has 5 heteroatoms. The Morgan fingerprint density at radius 3 is 3.09 bits per heavy atom. The Bertz CT molecular complexity index is 539. The van der Waals surface area contributed by atoms with Crippen molar-refractivity contribution < 1.29 is 9.47 Å². The van der Waals surface area contributed by atoms with E-state index in [0.717, 1.165) is 31.6 Å². The van der Waals surface area contributed by atoms with Crippen molar-refractivity contribution >= 4 is 11.6 Å². The summed E-state index contributed by atoms with van der Waals surface area (Å²) in [7, 11) is 0. The maximum atomic E-state index is 5.94. The minimum atomic E-state index is 0.296. The molecule has 2 aliphatic rings. The summed E-state index contributed by atoms with van der Waals surface area (Å²) in [6, 6.07) is 6.46. The van der Waals surface area contributed by atoms with Gasteiger partial charge in [-0.15, -0.1) is 0 Å². The molecule has 1 aromatic carbocycles. The van der Waals surface area contributed by atoms with E-state index in [4.69, 9.17) is 15.2 Å². The van der Waals surface area contributed by atoms with E-state index >= 15 is 0 Å². The number of nitrogens with one attached hydrogen (secondary N) is 1. The molecule has 0 aromatic heterocycles. The lowest BCUT2D eigenvalue weighted by Crippen LogP contribution is -2.23. The normalized spacial score (nSPS) is 20.7. The SMILES string of the molecule is NC(=NCCCOCC1CCCO1)Nc1ccc2c(c1)CCC2. The number of benzene rings is 1. The monoisotopic (exact) mass is 317 g/mol. The summed E-state index contributed by atoms with van der Waals surface area (Å²) in [5.41, 5.74) is 9.88. The molecule has 0 amide bonds. The number of nitrogens with zero attached hydrogens (tertiary/aromatic N) is 1. The molecule has 1 aliphatic carbocycles. The molecule has 23 heavy (non-hydrogen) atoms. The van der Waals surface area contributed by atoms with Crippen LogP contribution in [0.3, 0.4) is 0 Å². The number of hydrogen-bond donors (Lipinski definition) is 2. The lowest BCUT2D eigenvalue weighted by atomic mass is 10.1. The van der Waals surface area contributed by atoms with Crippen LogP contribution in [-0.2, 0) is 22.3 Å². The smallest absolute Gasteiger partial charge is 0.193 e. The van der Waals surface area contributed by atoms with Crippen LogP contribution < -0.4 is 11.1 Å². The number of rotatable bonds is 7. The second kappa shape index (κ2) is 8.31. The van der Waals surface area contributed by atoms with Crippen molar-refractivity contribution in [1.29, 1.82) is 0 Å². The zero-order chi connectivity index (χ0) is 15.9. The van der Waals surface area contributed by atoms with Crippen LogP contribution >= 0.6 is 0 Å². The van der Waals surface area contributed by atoms with Gasteiger partial charge in [0.2, 0.25) is 0 Å². The molecule has 3 rings (SSSR count). The van der Waals surface area contributed by atoms with E-state index in [0.29, 0.717) is 31.8 Å².